The van der Waals surface area contributed by atoms with Gasteiger partial charge in [-0.05, 0) is 121 Å². The molecular formula is C55H67FN8O11S3. The lowest BCUT2D eigenvalue weighted by molar-refractivity contribution is -0.141. The van der Waals surface area contributed by atoms with E-state index in [2.05, 4.69) is 30.9 Å². The van der Waals surface area contributed by atoms with Gasteiger partial charge in [-0.15, -0.1) is 22.7 Å². The van der Waals surface area contributed by atoms with Crippen LogP contribution < -0.4 is 20.7 Å². The Labute approximate surface area is 461 Å². The van der Waals surface area contributed by atoms with Gasteiger partial charge in [-0.2, -0.15) is 0 Å². The number of nitrogens with one attached hydrogen (secondary N) is 3. The number of pyridine rings is 1. The van der Waals surface area contributed by atoms with E-state index in [4.69, 9.17) is 23.7 Å². The van der Waals surface area contributed by atoms with Gasteiger partial charge < -0.3 is 49.4 Å². The lowest BCUT2D eigenvalue weighted by atomic mass is 9.88. The van der Waals surface area contributed by atoms with Crippen LogP contribution in [0.5, 0.6) is 5.75 Å². The van der Waals surface area contributed by atoms with Crippen LogP contribution in [0, 0.1) is 11.7 Å². The Balaban J connectivity index is 0.718. The predicted molar refractivity (Wildman–Crippen MR) is 296 cm³/mol. The van der Waals surface area contributed by atoms with Gasteiger partial charge in [-0.25, -0.2) is 22.8 Å². The van der Waals surface area contributed by atoms with Crippen LogP contribution in [0.1, 0.15) is 80.5 Å². The first kappa shape index (κ1) is 58.1. The van der Waals surface area contributed by atoms with E-state index in [-0.39, 0.29) is 91.4 Å². The molecule has 6 aromatic rings. The summed E-state index contributed by atoms with van der Waals surface area (Å²) in [4.78, 5) is 71.0. The Morgan fingerprint density at radius 3 is 2.21 bits per heavy atom. The molecular weight excluding hydrogens is 1060 g/mol. The summed E-state index contributed by atoms with van der Waals surface area (Å²) in [6.07, 6.45) is 4.02. The van der Waals surface area contributed by atoms with Crippen molar-refractivity contribution in [3.8, 4) is 5.75 Å². The number of hydrogen-bond acceptors (Lipinski definition) is 18. The Morgan fingerprint density at radius 2 is 1.51 bits per heavy atom. The number of piperidine rings is 1. The highest BCUT2D eigenvalue weighted by molar-refractivity contribution is 7.92. The molecule has 5 heterocycles. The maximum absolute atomic E-state index is 14.4. The van der Waals surface area contributed by atoms with Crippen LogP contribution in [0.25, 0.3) is 21.1 Å². The molecule has 2 aliphatic heterocycles. The third-order valence-corrected chi connectivity index (χ3v) is 18.0. The number of thiazole rings is 2. The minimum absolute atomic E-state index is 0.0635. The summed E-state index contributed by atoms with van der Waals surface area (Å²) in [5.74, 6) is -1.53. The minimum Gasteiger partial charge on any atom is -0.490 e. The lowest BCUT2D eigenvalue weighted by Crippen LogP contribution is -2.57. The minimum atomic E-state index is -3.83. The number of benzene rings is 3. The molecule has 3 aromatic heterocycles. The molecule has 418 valence electrons. The zero-order valence-corrected chi connectivity index (χ0v) is 46.9. The number of anilines is 2. The average molecular weight is 1130 g/mol. The second-order valence-corrected chi connectivity index (χ2v) is 24.4. The molecule has 0 saturated carbocycles. The summed E-state index contributed by atoms with van der Waals surface area (Å²) in [7, 11) is -2.16. The third-order valence-electron chi connectivity index (χ3n) is 13.8. The van der Waals surface area contributed by atoms with Crippen LogP contribution in [-0.4, -0.2) is 160 Å². The number of nitrogens with zero attached hydrogens (tertiary/aromatic N) is 5. The number of ether oxygens (including phenoxy) is 5. The van der Waals surface area contributed by atoms with Gasteiger partial charge in [0, 0.05) is 59.6 Å². The van der Waals surface area contributed by atoms with Gasteiger partial charge in [0.15, 0.2) is 9.84 Å². The van der Waals surface area contributed by atoms with E-state index < -0.39 is 32.5 Å². The molecule has 0 spiro atoms. The predicted octanol–water partition coefficient (Wildman–Crippen LogP) is 7.13. The molecule has 2 aliphatic rings. The van der Waals surface area contributed by atoms with Crippen LogP contribution in [0.3, 0.4) is 0 Å². The van der Waals surface area contributed by atoms with Gasteiger partial charge in [0.1, 0.15) is 46.4 Å². The summed E-state index contributed by atoms with van der Waals surface area (Å²) < 4.78 is 69.9. The van der Waals surface area contributed by atoms with Crippen molar-refractivity contribution in [2.45, 2.75) is 81.1 Å². The number of likely N-dealkylation sites (N-methyl/N-ethyl adjacent to an activating group) is 1. The van der Waals surface area contributed by atoms with E-state index >= 15 is 0 Å². The lowest BCUT2D eigenvalue weighted by Gasteiger charge is -2.38. The van der Waals surface area contributed by atoms with Gasteiger partial charge in [0.2, 0.25) is 23.5 Å². The van der Waals surface area contributed by atoms with Crippen LogP contribution in [0.4, 0.5) is 15.8 Å². The van der Waals surface area contributed by atoms with E-state index in [9.17, 15) is 32.0 Å². The maximum atomic E-state index is 14.4. The van der Waals surface area contributed by atoms with Crippen molar-refractivity contribution >= 4 is 88.5 Å². The molecule has 0 aliphatic carbocycles. The molecule has 3 amide bonds. The van der Waals surface area contributed by atoms with Crippen molar-refractivity contribution < 1.29 is 55.7 Å². The molecule has 23 heteroatoms. The highest BCUT2D eigenvalue weighted by atomic mass is 32.2. The Hall–Kier alpha value is -6.05. The quantitative estimate of drug-likeness (QED) is 0.0362. The molecule has 3 N–H and O–H groups in total. The first-order chi connectivity index (χ1) is 37.5. The fourth-order valence-corrected chi connectivity index (χ4v) is 12.1. The van der Waals surface area contributed by atoms with Crippen LogP contribution >= 0.6 is 22.7 Å². The number of ketones is 1. The van der Waals surface area contributed by atoms with Crippen molar-refractivity contribution in [3.05, 3.63) is 99.8 Å². The molecule has 8 rings (SSSR count). The second-order valence-electron chi connectivity index (χ2n) is 20.0. The third kappa shape index (κ3) is 14.4. The Kier molecular flexibility index (Phi) is 19.9. The number of fused-ring (bicyclic) bond motifs is 2. The first-order valence-electron chi connectivity index (χ1n) is 26.1. The van der Waals surface area contributed by atoms with Gasteiger partial charge in [-0.1, -0.05) is 0 Å². The SMILES string of the molecule is CN[C@@H](C)C(=O)N[C@H](C(=O)N1CCC[C@H]1c1nc(C(=O)c2ccc(F)cc2)cs1)C1CCN(C(=O)COCCOCCOCCOCCOc2cc3nccc(Nc4ccc5scnc5c4)c3cc2S(=O)(=O)C(C)(C)C)CC1. The number of halogens is 1. The van der Waals surface area contributed by atoms with Crippen molar-refractivity contribution in [2.24, 2.45) is 5.92 Å². The Bertz CT molecular complexity index is 3140. The number of hydrogen-bond donors (Lipinski definition) is 3. The fraction of sp³-hybridized carbons (Fsp3) is 0.473. The van der Waals surface area contributed by atoms with Crippen molar-refractivity contribution in [1.29, 1.82) is 0 Å². The summed E-state index contributed by atoms with van der Waals surface area (Å²) in [6.45, 7) is 9.72. The Morgan fingerprint density at radius 1 is 0.821 bits per heavy atom. The van der Waals surface area contributed by atoms with Gasteiger partial charge in [-0.3, -0.25) is 24.2 Å². The van der Waals surface area contributed by atoms with E-state index in [1.807, 2.05) is 18.2 Å². The van der Waals surface area contributed by atoms with Gasteiger partial charge in [0.25, 0.3) is 0 Å². The number of aromatic nitrogens is 3. The fourth-order valence-electron chi connectivity index (χ4n) is 9.16. The normalized spacial score (nSPS) is 16.2. The monoisotopic (exact) mass is 1130 g/mol. The smallest absolute Gasteiger partial charge is 0.248 e. The van der Waals surface area contributed by atoms with Crippen molar-refractivity contribution in [3.63, 3.8) is 0 Å². The molecule has 2 fully saturated rings. The molecule has 0 bridgehead atoms. The zero-order valence-electron chi connectivity index (χ0n) is 44.5. The number of carbonyl (C=O) groups excluding carboxylic acids is 4. The van der Waals surface area contributed by atoms with E-state index in [1.165, 1.54) is 35.6 Å². The molecule has 3 aromatic carbocycles. The highest BCUT2D eigenvalue weighted by Crippen LogP contribution is 2.39. The van der Waals surface area contributed by atoms with Gasteiger partial charge >= 0.3 is 0 Å². The summed E-state index contributed by atoms with van der Waals surface area (Å²) in [6, 6.07) is 14.5. The van der Waals surface area contributed by atoms with Crippen LogP contribution in [-0.2, 0) is 43.2 Å². The van der Waals surface area contributed by atoms with Gasteiger partial charge in [0.05, 0.1) is 84.3 Å². The molecule has 19 nitrogen and oxygen atoms in total. The van der Waals surface area contributed by atoms with E-state index in [0.717, 1.165) is 22.3 Å². The van der Waals surface area contributed by atoms with Crippen molar-refractivity contribution in [2.75, 3.05) is 91.5 Å². The van der Waals surface area contributed by atoms with Crippen molar-refractivity contribution in [1.82, 2.24) is 35.4 Å². The summed E-state index contributed by atoms with van der Waals surface area (Å²) in [5.41, 5.74) is 5.27. The zero-order chi connectivity index (χ0) is 55.4. The molecule has 2 saturated heterocycles. The number of carbonyl (C=O) groups is 4. The molecule has 78 heavy (non-hydrogen) atoms. The number of likely N-dealkylation sites (tertiary alicyclic amines) is 2. The first-order valence-corrected chi connectivity index (χ1v) is 29.3. The largest absolute Gasteiger partial charge is 0.490 e. The average Bonchev–Trinajstić information content (AvgIpc) is 4.25. The number of amides is 3. The van der Waals surface area contributed by atoms with E-state index in [1.54, 1.807) is 91.2 Å². The summed E-state index contributed by atoms with van der Waals surface area (Å²) in [5, 5.41) is 12.3. The standard InChI is InChI=1S/C55H67FN8O11S3/c1-35(57-5)52(67)62-50(54(68)64-18-6-7-45(64)53-61-44(33-76-53)51(66)37-8-10-38(56)11-9-37)36-15-19-63(20-16-36)49(65)32-74-26-25-72-22-21-71-23-24-73-27-28-75-46-31-42-40(30-48(46)78(69,70)55(2,3)4)41(14-17-58-42)60-39-12-13-47-43(29-39)59-34-77-47/h8-14,17,29-31,33-36,45,50,57H,6-7,15-16,18-28,32H2,1-5H3,(H,58,60)(H,62,67)/t35-,45-,50-/m0/s1. The molecule has 3 atom stereocenters. The molecule has 0 radical (unpaired) electrons. The maximum Gasteiger partial charge on any atom is 0.248 e. The summed E-state index contributed by atoms with van der Waals surface area (Å²) >= 11 is 2.85. The van der Waals surface area contributed by atoms with E-state index in [0.29, 0.717) is 85.9 Å². The number of rotatable bonds is 26. The second kappa shape index (κ2) is 26.7. The molecule has 0 unspecified atom stereocenters. The highest BCUT2D eigenvalue weighted by Gasteiger charge is 2.41. The number of sulfone groups is 1. The van der Waals surface area contributed by atoms with Crippen LogP contribution in [0.15, 0.2) is 82.6 Å². The van der Waals surface area contributed by atoms with Crippen LogP contribution in [0.2, 0.25) is 0 Å². The topological polar surface area (TPSA) is 230 Å².